The molecule has 0 saturated heterocycles. The average Bonchev–Trinajstić information content (AvgIpc) is 2.05. The van der Waals surface area contributed by atoms with Crippen LogP contribution in [-0.4, -0.2) is 95.3 Å². The zero-order valence-electron chi connectivity index (χ0n) is 9.39. The summed E-state index contributed by atoms with van der Waals surface area (Å²) >= 11 is 0. The van der Waals surface area contributed by atoms with Gasteiger partial charge in [-0.3, -0.25) is 9.11 Å². The van der Waals surface area contributed by atoms with Gasteiger partial charge in [-0.1, -0.05) is 0 Å². The Balaban J connectivity index is 0. The van der Waals surface area contributed by atoms with Crippen LogP contribution in [-0.2, 0) is 20.2 Å². The zero-order valence-corrected chi connectivity index (χ0v) is 15.0. The van der Waals surface area contributed by atoms with Gasteiger partial charge in [-0.25, -0.2) is 0 Å². The van der Waals surface area contributed by atoms with E-state index < -0.39 is 41.5 Å². The second-order valence-electron chi connectivity index (χ2n) is 2.74. The van der Waals surface area contributed by atoms with Crippen molar-refractivity contribution in [3.05, 3.63) is 12.1 Å². The molecule has 0 atom stereocenters. The molecule has 0 aromatic heterocycles. The second kappa shape index (κ2) is 6.88. The Morgan fingerprint density at radius 2 is 0.944 bits per heavy atom. The summed E-state index contributed by atoms with van der Waals surface area (Å²) < 4.78 is 60.3. The van der Waals surface area contributed by atoms with Crippen LogP contribution in [0.25, 0.3) is 0 Å². The normalized spacial score (nSPS) is 11.2. The molecular weight excluding hydrogens is 310 g/mol. The van der Waals surface area contributed by atoms with E-state index in [-0.39, 0.29) is 59.1 Å². The smallest absolute Gasteiger partial charge is 0.296 e. The number of rotatable bonds is 2. The molecule has 1 aromatic rings. The van der Waals surface area contributed by atoms with Gasteiger partial charge in [0.25, 0.3) is 20.2 Å². The Morgan fingerprint density at radius 3 is 1.11 bits per heavy atom. The molecule has 4 N–H and O–H groups in total. The van der Waals surface area contributed by atoms with Crippen LogP contribution in [0, 0.1) is 0 Å². The van der Waals surface area contributed by atoms with Crippen LogP contribution >= 0.6 is 0 Å². The summed E-state index contributed by atoms with van der Waals surface area (Å²) in [7, 11) is -9.93. The zero-order chi connectivity index (χ0) is 12.7. The molecule has 92 valence electrons. The maximum atomic E-state index is 10.8. The molecule has 0 bridgehead atoms. The summed E-state index contributed by atoms with van der Waals surface area (Å²) in [5.41, 5.74) is 0. The number of phenols is 2. The Labute approximate surface area is 147 Å². The number of phenolic OH excluding ortho intramolecular Hbond substituents is 2. The van der Waals surface area contributed by atoms with Crippen molar-refractivity contribution in [2.45, 2.75) is 9.79 Å². The minimum absolute atomic E-state index is 0. The standard InChI is InChI=1S/C6H6O8S2.2Na/c7-3-1-5(15(9,10)11)6(2-4(3)8)16(12,13)14;;/h1-2,7-8H,(H,9,10,11)(H,12,13,14);;. The molecule has 0 aliphatic carbocycles. The van der Waals surface area contributed by atoms with Gasteiger partial charge in [-0.2, -0.15) is 16.8 Å². The van der Waals surface area contributed by atoms with Gasteiger partial charge < -0.3 is 10.2 Å². The van der Waals surface area contributed by atoms with Gasteiger partial charge in [0.15, 0.2) is 11.5 Å². The molecule has 0 aliphatic heterocycles. The van der Waals surface area contributed by atoms with Crippen molar-refractivity contribution in [3.8, 4) is 11.5 Å². The van der Waals surface area contributed by atoms with Gasteiger partial charge in [0, 0.05) is 71.2 Å². The molecule has 0 fully saturated rings. The van der Waals surface area contributed by atoms with Crippen molar-refractivity contribution in [2.24, 2.45) is 0 Å². The van der Waals surface area contributed by atoms with E-state index in [2.05, 4.69) is 0 Å². The van der Waals surface area contributed by atoms with E-state index in [9.17, 15) is 16.8 Å². The Hall–Kier alpha value is 0.640. The van der Waals surface area contributed by atoms with Crippen molar-refractivity contribution in [3.63, 3.8) is 0 Å². The summed E-state index contributed by atoms with van der Waals surface area (Å²) in [5, 5.41) is 17.9. The fourth-order valence-corrected chi connectivity index (χ4v) is 2.72. The van der Waals surface area contributed by atoms with Crippen LogP contribution in [0.1, 0.15) is 0 Å². The minimum Gasteiger partial charge on any atom is -0.504 e. The topological polar surface area (TPSA) is 149 Å². The van der Waals surface area contributed by atoms with Crippen LogP contribution in [0.15, 0.2) is 21.9 Å². The monoisotopic (exact) mass is 316 g/mol. The van der Waals surface area contributed by atoms with Crippen molar-refractivity contribution in [1.29, 1.82) is 0 Å². The molecule has 0 spiro atoms. The molecule has 0 aliphatic rings. The van der Waals surface area contributed by atoms with E-state index in [1.807, 2.05) is 0 Å². The fraction of sp³-hybridized carbons (Fsp3) is 0. The molecule has 1 aromatic carbocycles. The van der Waals surface area contributed by atoms with Gasteiger partial charge >= 0.3 is 0 Å². The summed E-state index contributed by atoms with van der Waals surface area (Å²) in [6, 6.07) is 0.599. The summed E-state index contributed by atoms with van der Waals surface area (Å²) in [4.78, 5) is -2.46. The first kappa shape index (κ1) is 20.9. The Kier molecular flexibility index (Phi) is 8.01. The van der Waals surface area contributed by atoms with E-state index in [1.54, 1.807) is 0 Å². The van der Waals surface area contributed by atoms with E-state index in [0.717, 1.165) is 0 Å². The predicted molar refractivity (Wildman–Crippen MR) is 60.9 cm³/mol. The van der Waals surface area contributed by atoms with Crippen molar-refractivity contribution >= 4 is 79.4 Å². The first-order valence-electron chi connectivity index (χ1n) is 3.54. The quantitative estimate of drug-likeness (QED) is 0.303. The van der Waals surface area contributed by atoms with Crippen LogP contribution in [0.3, 0.4) is 0 Å². The van der Waals surface area contributed by atoms with E-state index in [4.69, 9.17) is 19.3 Å². The Bertz CT molecular complexity index is 579. The van der Waals surface area contributed by atoms with Crippen molar-refractivity contribution < 1.29 is 36.2 Å². The summed E-state index contributed by atoms with van der Waals surface area (Å²) in [5.74, 6) is -1.92. The maximum absolute atomic E-state index is 10.8. The third-order valence-corrected chi connectivity index (χ3v) is 3.51. The molecular formula is C6H6Na2O8S2. The number of aromatic hydroxyl groups is 2. The first-order valence-corrected chi connectivity index (χ1v) is 6.42. The van der Waals surface area contributed by atoms with E-state index in [1.165, 1.54) is 0 Å². The van der Waals surface area contributed by atoms with Crippen molar-refractivity contribution in [1.82, 2.24) is 0 Å². The minimum atomic E-state index is -4.97. The molecule has 0 saturated carbocycles. The molecule has 18 heavy (non-hydrogen) atoms. The van der Waals surface area contributed by atoms with Crippen LogP contribution in [0.5, 0.6) is 11.5 Å². The molecule has 8 nitrogen and oxygen atoms in total. The summed E-state index contributed by atoms with van der Waals surface area (Å²) in [6.07, 6.45) is 0. The van der Waals surface area contributed by atoms with Gasteiger partial charge in [-0.15, -0.1) is 0 Å². The molecule has 1 rings (SSSR count). The SMILES string of the molecule is O=S(=O)(O)c1cc(O)c(O)cc1S(=O)(=O)O.[Na].[Na]. The fourth-order valence-electron chi connectivity index (χ4n) is 0.942. The first-order chi connectivity index (χ1) is 7.03. The van der Waals surface area contributed by atoms with Crippen LogP contribution in [0.2, 0.25) is 0 Å². The molecule has 0 amide bonds. The molecule has 0 unspecified atom stereocenters. The Morgan fingerprint density at radius 1 is 0.722 bits per heavy atom. The van der Waals surface area contributed by atoms with E-state index in [0.29, 0.717) is 12.1 Å². The average molecular weight is 316 g/mol. The largest absolute Gasteiger partial charge is 0.504 e. The van der Waals surface area contributed by atoms with E-state index >= 15 is 0 Å². The van der Waals surface area contributed by atoms with Crippen LogP contribution < -0.4 is 0 Å². The van der Waals surface area contributed by atoms with Gasteiger partial charge in [-0.05, 0) is 0 Å². The summed E-state index contributed by atoms with van der Waals surface area (Å²) in [6.45, 7) is 0. The number of hydrogen-bond donors (Lipinski definition) is 4. The van der Waals surface area contributed by atoms with Crippen molar-refractivity contribution in [2.75, 3.05) is 0 Å². The molecule has 2 radical (unpaired) electrons. The molecule has 0 heterocycles. The van der Waals surface area contributed by atoms with Gasteiger partial charge in [0.05, 0.1) is 0 Å². The van der Waals surface area contributed by atoms with Gasteiger partial charge in [0.1, 0.15) is 9.79 Å². The second-order valence-corrected chi connectivity index (χ2v) is 5.52. The predicted octanol–water partition coefficient (Wildman–Crippen LogP) is -1.17. The van der Waals surface area contributed by atoms with Gasteiger partial charge in [0.2, 0.25) is 0 Å². The van der Waals surface area contributed by atoms with Crippen LogP contribution in [0.4, 0.5) is 0 Å². The third kappa shape index (κ3) is 4.96. The number of hydrogen-bond acceptors (Lipinski definition) is 6. The molecule has 12 heteroatoms. The third-order valence-electron chi connectivity index (χ3n) is 1.60. The number of benzene rings is 1. The maximum Gasteiger partial charge on any atom is 0.296 e.